The third kappa shape index (κ3) is 2.32. The largest absolute Gasteiger partial charge is 0.463 e. The Balaban J connectivity index is 1.66. The van der Waals surface area contributed by atoms with Crippen molar-refractivity contribution in [2.45, 2.75) is 78.2 Å². The van der Waals surface area contributed by atoms with Crippen LogP contribution in [0.5, 0.6) is 0 Å². The molecule has 5 atom stereocenters. The fourth-order valence-corrected chi connectivity index (χ4v) is 6.36. The fourth-order valence-electron chi connectivity index (χ4n) is 6.36. The Morgan fingerprint density at radius 1 is 1.17 bits per heavy atom. The van der Waals surface area contributed by atoms with E-state index in [1.54, 1.807) is 18.1 Å². The first-order valence-electron chi connectivity index (χ1n) is 9.51. The maximum absolute atomic E-state index is 11.4. The quantitative estimate of drug-likeness (QED) is 0.622. The molecule has 0 saturated heterocycles. The summed E-state index contributed by atoms with van der Waals surface area (Å²) < 4.78 is 5.60. The second-order valence-corrected chi connectivity index (χ2v) is 8.95. The van der Waals surface area contributed by atoms with E-state index in [-0.39, 0.29) is 12.1 Å². The van der Waals surface area contributed by atoms with Crippen molar-refractivity contribution < 1.29 is 9.53 Å². The Bertz CT molecular complexity index is 587. The third-order valence-electron chi connectivity index (χ3n) is 7.55. The zero-order valence-electron chi connectivity index (χ0n) is 14.9. The first-order valence-corrected chi connectivity index (χ1v) is 9.51. The smallest absolute Gasteiger partial charge is 0.302 e. The maximum Gasteiger partial charge on any atom is 0.302 e. The number of ether oxygens (including phenoxy) is 1. The monoisotopic (exact) mass is 314 g/mol. The van der Waals surface area contributed by atoms with Crippen LogP contribution in [0.15, 0.2) is 23.3 Å². The van der Waals surface area contributed by atoms with Crippen LogP contribution in [0.3, 0.4) is 0 Å². The molecule has 0 bridgehead atoms. The van der Waals surface area contributed by atoms with E-state index in [4.69, 9.17) is 4.74 Å². The Morgan fingerprint density at radius 2 is 2.00 bits per heavy atom. The van der Waals surface area contributed by atoms with Crippen molar-refractivity contribution in [3.05, 3.63) is 23.3 Å². The van der Waals surface area contributed by atoms with Crippen LogP contribution in [0.1, 0.15) is 72.1 Å². The molecule has 0 amide bonds. The van der Waals surface area contributed by atoms with Gasteiger partial charge in [-0.3, -0.25) is 4.79 Å². The van der Waals surface area contributed by atoms with Crippen LogP contribution in [0.2, 0.25) is 0 Å². The van der Waals surface area contributed by atoms with Gasteiger partial charge in [-0.2, -0.15) is 0 Å². The minimum absolute atomic E-state index is 0.118. The van der Waals surface area contributed by atoms with E-state index in [1.165, 1.54) is 38.5 Å². The minimum atomic E-state index is -0.118. The van der Waals surface area contributed by atoms with Crippen molar-refractivity contribution in [1.29, 1.82) is 0 Å². The number of esters is 1. The van der Waals surface area contributed by atoms with Gasteiger partial charge in [0.05, 0.1) is 0 Å². The zero-order chi connectivity index (χ0) is 16.2. The Labute approximate surface area is 140 Å². The summed E-state index contributed by atoms with van der Waals surface area (Å²) in [6, 6.07) is 0. The lowest BCUT2D eigenvalue weighted by Crippen LogP contribution is -2.43. The number of carbonyl (C=O) groups excluding carboxylic acids is 1. The van der Waals surface area contributed by atoms with Gasteiger partial charge in [0, 0.05) is 6.92 Å². The van der Waals surface area contributed by atoms with Crippen LogP contribution in [0.25, 0.3) is 0 Å². The van der Waals surface area contributed by atoms with Gasteiger partial charge in [0.2, 0.25) is 0 Å². The van der Waals surface area contributed by atoms with E-state index in [9.17, 15) is 4.79 Å². The molecule has 0 aromatic heterocycles. The molecule has 4 rings (SSSR count). The van der Waals surface area contributed by atoms with Crippen molar-refractivity contribution >= 4 is 5.97 Å². The van der Waals surface area contributed by atoms with Crippen LogP contribution in [-0.2, 0) is 9.53 Å². The van der Waals surface area contributed by atoms with Gasteiger partial charge in [0.1, 0.15) is 6.10 Å². The summed E-state index contributed by atoms with van der Waals surface area (Å²) >= 11 is 0. The summed E-state index contributed by atoms with van der Waals surface area (Å²) in [6.45, 7) is 6.50. The van der Waals surface area contributed by atoms with Crippen LogP contribution in [0, 0.1) is 22.7 Å². The van der Waals surface area contributed by atoms with E-state index in [0.717, 1.165) is 18.8 Å². The zero-order valence-corrected chi connectivity index (χ0v) is 14.9. The molecule has 23 heavy (non-hydrogen) atoms. The van der Waals surface area contributed by atoms with E-state index < -0.39 is 0 Å². The van der Waals surface area contributed by atoms with Gasteiger partial charge in [0.25, 0.3) is 0 Å². The number of carbonyl (C=O) groups is 1. The molecule has 4 aliphatic rings. The molecule has 0 aromatic rings. The average Bonchev–Trinajstić information content (AvgIpc) is 2.81. The van der Waals surface area contributed by atoms with Crippen molar-refractivity contribution in [3.63, 3.8) is 0 Å². The average molecular weight is 314 g/mol. The first-order chi connectivity index (χ1) is 10.9. The molecule has 0 unspecified atom stereocenters. The predicted octanol–water partition coefficient (Wildman–Crippen LogP) is 5.19. The highest BCUT2D eigenvalue weighted by atomic mass is 16.5. The normalized spacial score (nSPS) is 45.3. The van der Waals surface area contributed by atoms with Gasteiger partial charge in [-0.1, -0.05) is 43.6 Å². The summed E-state index contributed by atoms with van der Waals surface area (Å²) in [5.74, 6) is 1.23. The van der Waals surface area contributed by atoms with Gasteiger partial charge in [-0.05, 0) is 67.6 Å². The van der Waals surface area contributed by atoms with Crippen LogP contribution < -0.4 is 0 Å². The van der Waals surface area contributed by atoms with Crippen molar-refractivity contribution in [3.8, 4) is 0 Å². The maximum atomic E-state index is 11.4. The summed E-state index contributed by atoms with van der Waals surface area (Å²) in [5.41, 5.74) is 4.12. The molecule has 3 saturated carbocycles. The highest BCUT2D eigenvalue weighted by Crippen LogP contribution is 2.63. The molecular weight excluding hydrogens is 284 g/mol. The van der Waals surface area contributed by atoms with Crippen molar-refractivity contribution in [2.24, 2.45) is 22.7 Å². The molecule has 4 aliphatic carbocycles. The lowest BCUT2D eigenvalue weighted by molar-refractivity contribution is -0.146. The van der Waals surface area contributed by atoms with Crippen molar-refractivity contribution in [1.82, 2.24) is 0 Å². The molecule has 0 aliphatic heterocycles. The SMILES string of the molecule is CC(=O)O[C@@H]1C[C@H]2C3=CC=C4CCCC[C@]4(C)[C@H]3CC[C@]2(C)C1. The molecule has 0 radical (unpaired) electrons. The highest BCUT2D eigenvalue weighted by molar-refractivity contribution is 5.66. The van der Waals surface area contributed by atoms with E-state index in [2.05, 4.69) is 26.0 Å². The minimum Gasteiger partial charge on any atom is -0.463 e. The Morgan fingerprint density at radius 3 is 2.78 bits per heavy atom. The number of allylic oxidation sites excluding steroid dienone is 4. The van der Waals surface area contributed by atoms with Crippen LogP contribution in [0.4, 0.5) is 0 Å². The molecule has 0 heterocycles. The van der Waals surface area contributed by atoms with Gasteiger partial charge in [-0.25, -0.2) is 0 Å². The predicted molar refractivity (Wildman–Crippen MR) is 91.9 cm³/mol. The van der Waals surface area contributed by atoms with Gasteiger partial charge < -0.3 is 4.74 Å². The van der Waals surface area contributed by atoms with E-state index >= 15 is 0 Å². The molecular formula is C21H30O2. The number of hydrogen-bond acceptors (Lipinski definition) is 2. The molecule has 3 fully saturated rings. The molecule has 2 heteroatoms. The second kappa shape index (κ2) is 5.22. The summed E-state index contributed by atoms with van der Waals surface area (Å²) in [7, 11) is 0. The number of fused-ring (bicyclic) bond motifs is 5. The number of hydrogen-bond donors (Lipinski definition) is 0. The third-order valence-corrected chi connectivity index (χ3v) is 7.55. The molecule has 0 aromatic carbocycles. The highest BCUT2D eigenvalue weighted by Gasteiger charge is 2.55. The van der Waals surface area contributed by atoms with Gasteiger partial charge in [-0.15, -0.1) is 0 Å². The Kier molecular flexibility index (Phi) is 3.52. The molecule has 2 nitrogen and oxygen atoms in total. The van der Waals surface area contributed by atoms with Gasteiger partial charge in [0.15, 0.2) is 0 Å². The lowest BCUT2D eigenvalue weighted by atomic mass is 9.51. The molecule has 0 spiro atoms. The van der Waals surface area contributed by atoms with Crippen molar-refractivity contribution in [2.75, 3.05) is 0 Å². The summed E-state index contributed by atoms with van der Waals surface area (Å²) in [4.78, 5) is 11.4. The Hall–Kier alpha value is -1.05. The number of rotatable bonds is 1. The molecule has 0 N–H and O–H groups in total. The van der Waals surface area contributed by atoms with Crippen LogP contribution >= 0.6 is 0 Å². The summed E-state index contributed by atoms with van der Waals surface area (Å²) in [6.07, 6.45) is 15.2. The van der Waals surface area contributed by atoms with Crippen LogP contribution in [-0.4, -0.2) is 12.1 Å². The second-order valence-electron chi connectivity index (χ2n) is 8.95. The topological polar surface area (TPSA) is 26.3 Å². The fraction of sp³-hybridized carbons (Fsp3) is 0.762. The van der Waals surface area contributed by atoms with E-state index in [0.29, 0.717) is 16.7 Å². The standard InChI is InChI=1S/C21H30O2/c1-14(22)23-16-12-19-17-8-7-15-6-4-5-10-21(15,3)18(17)9-11-20(19,2)13-16/h7-8,16,18-19H,4-6,9-13H2,1-3H3/t16-,18+,19+,20-,21+/m1/s1. The van der Waals surface area contributed by atoms with E-state index in [1.807, 2.05) is 0 Å². The first kappa shape index (κ1) is 15.5. The lowest BCUT2D eigenvalue weighted by Gasteiger charge is -2.53. The van der Waals surface area contributed by atoms with Gasteiger partial charge >= 0.3 is 5.97 Å². The molecule has 126 valence electrons. The summed E-state index contributed by atoms with van der Waals surface area (Å²) in [5, 5.41) is 0.